The number of carbonyl (C=O) groups is 1. The molecular weight excluding hydrogens is 270 g/mol. The molecule has 0 bridgehead atoms. The van der Waals surface area contributed by atoms with Crippen LogP contribution in [-0.2, 0) is 4.79 Å². The van der Waals surface area contributed by atoms with Crippen LogP contribution < -0.4 is 5.32 Å². The highest BCUT2D eigenvalue weighted by Crippen LogP contribution is 2.24. The van der Waals surface area contributed by atoms with Crippen molar-refractivity contribution in [2.45, 2.75) is 27.7 Å². The summed E-state index contributed by atoms with van der Waals surface area (Å²) < 4.78 is 1.39. The average Bonchev–Trinajstić information content (AvgIpc) is 2.86. The molecule has 1 aromatic carbocycles. The predicted molar refractivity (Wildman–Crippen MR) is 90.7 cm³/mol. The van der Waals surface area contributed by atoms with Gasteiger partial charge in [0, 0.05) is 11.8 Å². The topological polar surface area (TPSA) is 49.3 Å². The maximum absolute atomic E-state index is 9.98. The van der Waals surface area contributed by atoms with Crippen LogP contribution in [0.4, 0.5) is 0 Å². The minimum atomic E-state index is 0.178. The summed E-state index contributed by atoms with van der Waals surface area (Å²) in [6.07, 6.45) is 0. The zero-order valence-electron chi connectivity index (χ0n) is 13.4. The number of carbonyl (C=O) groups excluding carboxylic acids is 1. The predicted octanol–water partition coefficient (Wildman–Crippen LogP) is 3.64. The van der Waals surface area contributed by atoms with Crippen LogP contribution in [0.15, 0.2) is 29.6 Å². The molecule has 0 aliphatic rings. The molecule has 3 nitrogen and oxygen atoms in total. The molecular formula is C16H27NO2S. The lowest BCUT2D eigenvalue weighted by molar-refractivity contribution is -0.116. The van der Waals surface area contributed by atoms with E-state index in [1.807, 2.05) is 25.2 Å². The summed E-state index contributed by atoms with van der Waals surface area (Å²) in [7, 11) is 2.75. The molecule has 0 atom stereocenters. The molecule has 1 aromatic heterocycles. The molecule has 2 rings (SSSR count). The van der Waals surface area contributed by atoms with Gasteiger partial charge in [-0.05, 0) is 43.3 Å². The Morgan fingerprint density at radius 3 is 2.20 bits per heavy atom. The van der Waals surface area contributed by atoms with Crippen LogP contribution in [0.5, 0.6) is 0 Å². The van der Waals surface area contributed by atoms with Crippen LogP contribution in [0.3, 0.4) is 0 Å². The van der Waals surface area contributed by atoms with Gasteiger partial charge in [0.25, 0.3) is 0 Å². The Balaban J connectivity index is 0. The Kier molecular flexibility index (Phi) is 14.9. The van der Waals surface area contributed by atoms with Gasteiger partial charge in [0.2, 0.25) is 0 Å². The fourth-order valence-corrected chi connectivity index (χ4v) is 2.30. The van der Waals surface area contributed by atoms with E-state index in [0.29, 0.717) is 6.54 Å². The minimum Gasteiger partial charge on any atom is -0.400 e. The molecule has 0 saturated heterocycles. The van der Waals surface area contributed by atoms with E-state index in [9.17, 15) is 4.79 Å². The fourth-order valence-electron chi connectivity index (χ4n) is 1.36. The number of likely N-dealkylation sites (N-methyl/N-ethyl adjacent to an activating group) is 1. The van der Waals surface area contributed by atoms with Gasteiger partial charge in [-0.2, -0.15) is 0 Å². The second-order valence-corrected chi connectivity index (χ2v) is 4.56. The molecule has 2 aromatic rings. The van der Waals surface area contributed by atoms with Crippen LogP contribution in [0, 0.1) is 6.92 Å². The number of aliphatic hydroxyl groups excluding tert-OH is 1. The standard InChI is InChI=1S/C9H8S.C4H9NO.C2H6.CH4O/c1-7-6-10-9-5-3-2-4-8(7)9;1-4(6)3-5-2;2*1-2/h2-6H,1H3;5H,3H2,1-2H3;1-2H3;2H,1H3. The smallest absolute Gasteiger partial charge is 0.143 e. The fraction of sp³-hybridized carbons (Fsp3) is 0.438. The molecule has 0 amide bonds. The Morgan fingerprint density at radius 2 is 1.80 bits per heavy atom. The van der Waals surface area contributed by atoms with Crippen LogP contribution in [-0.4, -0.2) is 31.6 Å². The van der Waals surface area contributed by atoms with Crippen molar-refractivity contribution in [3.05, 3.63) is 35.2 Å². The van der Waals surface area contributed by atoms with Crippen LogP contribution in [0.1, 0.15) is 26.3 Å². The largest absolute Gasteiger partial charge is 0.400 e. The molecule has 0 aliphatic heterocycles. The Labute approximate surface area is 126 Å². The molecule has 114 valence electrons. The third-order valence-corrected chi connectivity index (χ3v) is 3.18. The van der Waals surface area contributed by atoms with Crippen molar-refractivity contribution in [3.8, 4) is 0 Å². The van der Waals surface area contributed by atoms with Gasteiger partial charge in [-0.15, -0.1) is 11.3 Å². The molecule has 0 radical (unpaired) electrons. The van der Waals surface area contributed by atoms with E-state index < -0.39 is 0 Å². The minimum absolute atomic E-state index is 0.178. The highest BCUT2D eigenvalue weighted by atomic mass is 32.1. The van der Waals surface area contributed by atoms with Crippen LogP contribution in [0.2, 0.25) is 0 Å². The van der Waals surface area contributed by atoms with Gasteiger partial charge in [0.05, 0.1) is 6.54 Å². The normalized spacial score (nSPS) is 8.35. The van der Waals surface area contributed by atoms with E-state index in [1.165, 1.54) is 15.6 Å². The molecule has 20 heavy (non-hydrogen) atoms. The first-order valence-electron chi connectivity index (χ1n) is 6.66. The van der Waals surface area contributed by atoms with Gasteiger partial charge in [0.1, 0.15) is 5.78 Å². The van der Waals surface area contributed by atoms with Crippen molar-refractivity contribution in [3.63, 3.8) is 0 Å². The van der Waals surface area contributed by atoms with Gasteiger partial charge >= 0.3 is 0 Å². The second kappa shape index (κ2) is 14.2. The average molecular weight is 297 g/mol. The SMILES string of the molecule is CC.CNCC(C)=O.CO.Cc1csc2ccccc12. The molecule has 0 saturated carbocycles. The van der Waals surface area contributed by atoms with Gasteiger partial charge in [-0.3, -0.25) is 4.79 Å². The lowest BCUT2D eigenvalue weighted by atomic mass is 10.2. The first kappa shape index (κ1) is 21.1. The zero-order valence-corrected chi connectivity index (χ0v) is 14.2. The van der Waals surface area contributed by atoms with Gasteiger partial charge < -0.3 is 10.4 Å². The van der Waals surface area contributed by atoms with Crippen molar-refractivity contribution >= 4 is 27.2 Å². The van der Waals surface area contributed by atoms with E-state index in [4.69, 9.17) is 5.11 Å². The number of Topliss-reactive ketones (excluding diaryl/α,β-unsaturated/α-hetero) is 1. The number of aliphatic hydroxyl groups is 1. The summed E-state index contributed by atoms with van der Waals surface area (Å²) >= 11 is 1.81. The number of hydrogen-bond acceptors (Lipinski definition) is 4. The summed E-state index contributed by atoms with van der Waals surface area (Å²) in [5.41, 5.74) is 1.39. The summed E-state index contributed by atoms with van der Waals surface area (Å²) in [6, 6.07) is 8.49. The van der Waals surface area contributed by atoms with Crippen LogP contribution >= 0.6 is 11.3 Å². The molecule has 0 unspecified atom stereocenters. The maximum Gasteiger partial charge on any atom is 0.143 e. The Hall–Kier alpha value is -1.23. The maximum atomic E-state index is 9.98. The summed E-state index contributed by atoms with van der Waals surface area (Å²) in [5, 5.41) is 13.3. The third kappa shape index (κ3) is 8.80. The molecule has 0 aliphatic carbocycles. The number of aryl methyl sites for hydroxylation is 1. The lowest BCUT2D eigenvalue weighted by Gasteiger charge is -1.86. The van der Waals surface area contributed by atoms with E-state index in [-0.39, 0.29) is 5.78 Å². The first-order valence-corrected chi connectivity index (χ1v) is 7.54. The molecule has 0 fully saturated rings. The van der Waals surface area contributed by atoms with E-state index >= 15 is 0 Å². The zero-order chi connectivity index (χ0) is 16.0. The third-order valence-electron chi connectivity index (χ3n) is 2.10. The monoisotopic (exact) mass is 297 g/mol. The van der Waals surface area contributed by atoms with Crippen LogP contribution in [0.25, 0.3) is 10.1 Å². The van der Waals surface area contributed by atoms with Gasteiger partial charge in [-0.1, -0.05) is 32.0 Å². The molecule has 4 heteroatoms. The second-order valence-electron chi connectivity index (χ2n) is 3.65. The first-order chi connectivity index (χ1) is 9.65. The van der Waals surface area contributed by atoms with E-state index in [1.54, 1.807) is 14.0 Å². The highest BCUT2D eigenvalue weighted by molar-refractivity contribution is 7.17. The molecule has 0 spiro atoms. The Bertz CT molecular complexity index is 466. The van der Waals surface area contributed by atoms with Crippen molar-refractivity contribution in [2.24, 2.45) is 0 Å². The van der Waals surface area contributed by atoms with Gasteiger partial charge in [-0.25, -0.2) is 0 Å². The Morgan fingerprint density at radius 1 is 1.25 bits per heavy atom. The number of fused-ring (bicyclic) bond motifs is 1. The lowest BCUT2D eigenvalue weighted by Crippen LogP contribution is -2.14. The van der Waals surface area contributed by atoms with Gasteiger partial charge in [0.15, 0.2) is 0 Å². The number of benzene rings is 1. The van der Waals surface area contributed by atoms with Crippen molar-refractivity contribution in [2.75, 3.05) is 20.7 Å². The highest BCUT2D eigenvalue weighted by Gasteiger charge is 1.95. The number of nitrogens with one attached hydrogen (secondary N) is 1. The number of thiophene rings is 1. The number of hydrogen-bond donors (Lipinski definition) is 2. The van der Waals surface area contributed by atoms with Crippen molar-refractivity contribution in [1.29, 1.82) is 0 Å². The number of ketones is 1. The summed E-state index contributed by atoms with van der Waals surface area (Å²) in [4.78, 5) is 9.98. The summed E-state index contributed by atoms with van der Waals surface area (Å²) in [5.74, 6) is 0.178. The van der Waals surface area contributed by atoms with Crippen molar-refractivity contribution < 1.29 is 9.90 Å². The molecule has 1 heterocycles. The number of rotatable bonds is 2. The molecule has 2 N–H and O–H groups in total. The van der Waals surface area contributed by atoms with E-state index in [0.717, 1.165) is 7.11 Å². The van der Waals surface area contributed by atoms with E-state index in [2.05, 4.69) is 41.9 Å². The summed E-state index contributed by atoms with van der Waals surface area (Å²) in [6.45, 7) is 8.19. The van der Waals surface area contributed by atoms with Crippen molar-refractivity contribution in [1.82, 2.24) is 5.32 Å². The quantitative estimate of drug-likeness (QED) is 0.889.